The van der Waals surface area contributed by atoms with E-state index in [0.29, 0.717) is 0 Å². The molecule has 0 unspecified atom stereocenters. The minimum Gasteiger partial charge on any atom is -0.292 e. The van der Waals surface area contributed by atoms with Crippen LogP contribution >= 0.6 is 0 Å². The lowest BCUT2D eigenvalue weighted by molar-refractivity contribution is 1.06. The molecule has 0 aliphatic rings. The van der Waals surface area contributed by atoms with Crippen LogP contribution in [0.4, 0.5) is 0 Å². The summed E-state index contributed by atoms with van der Waals surface area (Å²) < 4.78 is 2.11. The average molecular weight is 246 g/mol. The van der Waals surface area contributed by atoms with Gasteiger partial charge in [-0.05, 0) is 29.8 Å². The van der Waals surface area contributed by atoms with Crippen molar-refractivity contribution in [1.29, 1.82) is 0 Å². The largest absolute Gasteiger partial charge is 0.292 e. The molecule has 2 heteroatoms. The normalized spacial score (nSPS) is 10.5. The van der Waals surface area contributed by atoms with Crippen molar-refractivity contribution in [2.75, 3.05) is 0 Å². The van der Waals surface area contributed by atoms with E-state index in [9.17, 15) is 0 Å². The molecule has 0 fully saturated rings. The Labute approximate surface area is 112 Å². The summed E-state index contributed by atoms with van der Waals surface area (Å²) in [6.07, 6.45) is 3.64. The number of hydrogen-bond acceptors (Lipinski definition) is 1. The van der Waals surface area contributed by atoms with Crippen molar-refractivity contribution in [2.45, 2.75) is 0 Å². The average Bonchev–Trinajstić information content (AvgIpc) is 2.85. The number of rotatable bonds is 3. The predicted octanol–water partition coefficient (Wildman–Crippen LogP) is 4.31. The third kappa shape index (κ3) is 1.78. The Balaban J connectivity index is 2.41. The number of benzene rings is 2. The van der Waals surface area contributed by atoms with Gasteiger partial charge in [-0.2, -0.15) is 0 Å². The molecule has 19 heavy (non-hydrogen) atoms. The Kier molecular flexibility index (Phi) is 2.76. The van der Waals surface area contributed by atoms with Crippen LogP contribution in [0.1, 0.15) is 11.4 Å². The molecular weight excluding hydrogens is 232 g/mol. The van der Waals surface area contributed by atoms with Gasteiger partial charge < -0.3 is 0 Å². The maximum Gasteiger partial charge on any atom is 0.137 e. The van der Waals surface area contributed by atoms with E-state index in [1.807, 2.05) is 42.5 Å². The zero-order valence-electron chi connectivity index (χ0n) is 10.6. The third-order valence-electron chi connectivity index (χ3n) is 3.17. The van der Waals surface area contributed by atoms with Gasteiger partial charge in [0, 0.05) is 0 Å². The highest BCUT2D eigenvalue weighted by atomic mass is 15.1. The summed E-state index contributed by atoms with van der Waals surface area (Å²) in [5.74, 6) is 0.843. The fourth-order valence-electron chi connectivity index (χ4n) is 2.30. The fraction of sp³-hybridized carbons (Fsp3) is 0. The third-order valence-corrected chi connectivity index (χ3v) is 3.17. The number of aromatic nitrogens is 2. The summed E-state index contributed by atoms with van der Waals surface area (Å²) in [6, 6.07) is 16.2. The van der Waals surface area contributed by atoms with Crippen molar-refractivity contribution in [3.63, 3.8) is 0 Å². The SMILES string of the molecule is C=Cc1ccccc1-n1c(C=C)nc2ccccc21. The van der Waals surface area contributed by atoms with Gasteiger partial charge in [0.05, 0.1) is 16.7 Å². The Morgan fingerprint density at radius 2 is 1.63 bits per heavy atom. The summed E-state index contributed by atoms with van der Waals surface area (Å²) in [5, 5.41) is 0. The Morgan fingerprint density at radius 1 is 0.895 bits per heavy atom. The van der Waals surface area contributed by atoms with Crippen LogP contribution in [0.3, 0.4) is 0 Å². The lowest BCUT2D eigenvalue weighted by atomic mass is 10.1. The molecule has 0 aliphatic carbocycles. The van der Waals surface area contributed by atoms with Gasteiger partial charge in [0.2, 0.25) is 0 Å². The van der Waals surface area contributed by atoms with Gasteiger partial charge in [-0.1, -0.05) is 49.6 Å². The van der Waals surface area contributed by atoms with Gasteiger partial charge in [-0.25, -0.2) is 4.98 Å². The lowest BCUT2D eigenvalue weighted by Gasteiger charge is -2.10. The van der Waals surface area contributed by atoms with Crippen LogP contribution in [0.5, 0.6) is 0 Å². The fourth-order valence-corrected chi connectivity index (χ4v) is 2.30. The van der Waals surface area contributed by atoms with Crippen LogP contribution in [-0.2, 0) is 0 Å². The molecular formula is C17H14N2. The van der Waals surface area contributed by atoms with Gasteiger partial charge in [0.1, 0.15) is 5.82 Å². The van der Waals surface area contributed by atoms with E-state index in [1.54, 1.807) is 6.08 Å². The first kappa shape index (κ1) is 11.5. The monoisotopic (exact) mass is 246 g/mol. The van der Waals surface area contributed by atoms with E-state index in [2.05, 4.69) is 34.8 Å². The number of nitrogens with zero attached hydrogens (tertiary/aromatic N) is 2. The van der Waals surface area contributed by atoms with Crippen molar-refractivity contribution in [3.8, 4) is 5.69 Å². The highest BCUT2D eigenvalue weighted by Gasteiger charge is 2.11. The minimum absolute atomic E-state index is 0.843. The molecule has 0 amide bonds. The maximum atomic E-state index is 4.59. The first-order valence-electron chi connectivity index (χ1n) is 6.17. The summed E-state index contributed by atoms with van der Waals surface area (Å²) >= 11 is 0. The molecule has 1 aromatic heterocycles. The Morgan fingerprint density at radius 3 is 2.42 bits per heavy atom. The molecule has 0 radical (unpaired) electrons. The summed E-state index contributed by atoms with van der Waals surface area (Å²) in [4.78, 5) is 4.59. The van der Waals surface area contributed by atoms with E-state index >= 15 is 0 Å². The van der Waals surface area contributed by atoms with Crippen molar-refractivity contribution < 1.29 is 0 Å². The second-order valence-electron chi connectivity index (χ2n) is 4.26. The van der Waals surface area contributed by atoms with E-state index in [1.165, 1.54) is 0 Å². The van der Waals surface area contributed by atoms with Crippen molar-refractivity contribution in [1.82, 2.24) is 9.55 Å². The summed E-state index contributed by atoms with van der Waals surface area (Å²) in [7, 11) is 0. The molecule has 0 saturated heterocycles. The number of para-hydroxylation sites is 3. The lowest BCUT2D eigenvalue weighted by Crippen LogP contribution is -1.99. The van der Waals surface area contributed by atoms with Gasteiger partial charge in [-0.3, -0.25) is 4.57 Å². The summed E-state index contributed by atoms with van der Waals surface area (Å²) in [5.41, 5.74) is 4.19. The standard InChI is InChI=1S/C17H14N2/c1-3-13-9-5-7-11-15(13)19-16-12-8-6-10-14(16)18-17(19)4-2/h3-12H,1-2H2. The Bertz CT molecular complexity index is 766. The second-order valence-corrected chi connectivity index (χ2v) is 4.26. The van der Waals surface area contributed by atoms with E-state index in [4.69, 9.17) is 0 Å². The van der Waals surface area contributed by atoms with Crippen LogP contribution in [0.2, 0.25) is 0 Å². The molecule has 0 aliphatic heterocycles. The molecule has 0 spiro atoms. The van der Waals surface area contributed by atoms with E-state index in [-0.39, 0.29) is 0 Å². The van der Waals surface area contributed by atoms with Crippen LogP contribution in [0, 0.1) is 0 Å². The first-order chi connectivity index (χ1) is 9.35. The van der Waals surface area contributed by atoms with Gasteiger partial charge in [0.15, 0.2) is 0 Å². The molecule has 2 nitrogen and oxygen atoms in total. The molecule has 3 aromatic rings. The Hall–Kier alpha value is -2.61. The van der Waals surface area contributed by atoms with E-state index in [0.717, 1.165) is 28.1 Å². The molecule has 1 heterocycles. The van der Waals surface area contributed by atoms with Crippen LogP contribution in [0.25, 0.3) is 28.9 Å². The van der Waals surface area contributed by atoms with Gasteiger partial charge >= 0.3 is 0 Å². The van der Waals surface area contributed by atoms with Crippen LogP contribution in [-0.4, -0.2) is 9.55 Å². The van der Waals surface area contributed by atoms with Crippen molar-refractivity contribution in [3.05, 3.63) is 73.1 Å². The van der Waals surface area contributed by atoms with Gasteiger partial charge in [0.25, 0.3) is 0 Å². The molecule has 0 bridgehead atoms. The number of imidazole rings is 1. The number of fused-ring (bicyclic) bond motifs is 1. The van der Waals surface area contributed by atoms with E-state index < -0.39 is 0 Å². The van der Waals surface area contributed by atoms with Crippen molar-refractivity contribution in [2.24, 2.45) is 0 Å². The van der Waals surface area contributed by atoms with Crippen molar-refractivity contribution >= 4 is 23.2 Å². The smallest absolute Gasteiger partial charge is 0.137 e. The molecule has 0 N–H and O–H groups in total. The molecule has 3 rings (SSSR count). The van der Waals surface area contributed by atoms with Crippen LogP contribution in [0.15, 0.2) is 61.7 Å². The molecule has 0 saturated carbocycles. The minimum atomic E-state index is 0.843. The molecule has 92 valence electrons. The topological polar surface area (TPSA) is 17.8 Å². The van der Waals surface area contributed by atoms with Gasteiger partial charge in [-0.15, -0.1) is 0 Å². The van der Waals surface area contributed by atoms with Crippen LogP contribution < -0.4 is 0 Å². The predicted molar refractivity (Wildman–Crippen MR) is 81.3 cm³/mol. The quantitative estimate of drug-likeness (QED) is 0.673. The molecule has 0 atom stereocenters. The first-order valence-corrected chi connectivity index (χ1v) is 6.17. The molecule has 2 aromatic carbocycles. The highest BCUT2D eigenvalue weighted by Crippen LogP contribution is 2.25. The number of hydrogen-bond donors (Lipinski definition) is 0. The highest BCUT2D eigenvalue weighted by molar-refractivity contribution is 5.81. The summed E-state index contributed by atoms with van der Waals surface area (Å²) in [6.45, 7) is 7.74. The zero-order chi connectivity index (χ0) is 13.2. The maximum absolute atomic E-state index is 4.59. The zero-order valence-corrected chi connectivity index (χ0v) is 10.6. The second kappa shape index (κ2) is 4.58.